The maximum atomic E-state index is 11.4. The van der Waals surface area contributed by atoms with Crippen molar-refractivity contribution in [3.05, 3.63) is 30.1 Å². The van der Waals surface area contributed by atoms with Gasteiger partial charge in [-0.25, -0.2) is 4.79 Å². The van der Waals surface area contributed by atoms with Crippen LogP contribution in [0, 0.1) is 0 Å². The topological polar surface area (TPSA) is 51.2 Å². The number of hydrogen-bond acceptors (Lipinski definition) is 3. The van der Waals surface area contributed by atoms with Gasteiger partial charge in [0.15, 0.2) is 0 Å². The van der Waals surface area contributed by atoms with E-state index >= 15 is 0 Å². The van der Waals surface area contributed by atoms with Gasteiger partial charge < -0.3 is 10.1 Å². The van der Waals surface area contributed by atoms with Crippen molar-refractivity contribution in [3.8, 4) is 0 Å². The maximum absolute atomic E-state index is 11.4. The van der Waals surface area contributed by atoms with Crippen LogP contribution < -0.4 is 5.32 Å². The Kier molecular flexibility index (Phi) is 6.33. The van der Waals surface area contributed by atoms with E-state index in [-0.39, 0.29) is 6.09 Å². The molecule has 0 spiro atoms. The van der Waals surface area contributed by atoms with Crippen LogP contribution in [0.25, 0.3) is 0 Å². The lowest BCUT2D eigenvalue weighted by atomic mass is 10.1. The van der Waals surface area contributed by atoms with Gasteiger partial charge >= 0.3 is 6.09 Å². The predicted molar refractivity (Wildman–Crippen MR) is 76.0 cm³/mol. The van der Waals surface area contributed by atoms with Gasteiger partial charge in [0.05, 0.1) is 0 Å². The van der Waals surface area contributed by atoms with Crippen molar-refractivity contribution in [3.63, 3.8) is 0 Å². The van der Waals surface area contributed by atoms with Gasteiger partial charge in [-0.3, -0.25) is 4.98 Å². The molecule has 1 aromatic heterocycles. The number of aromatic nitrogens is 1. The summed E-state index contributed by atoms with van der Waals surface area (Å²) in [6.45, 7) is 6.25. The Balaban J connectivity index is 2.01. The zero-order valence-corrected chi connectivity index (χ0v) is 12.1. The Morgan fingerprint density at radius 2 is 2.05 bits per heavy atom. The zero-order chi connectivity index (χ0) is 14.1. The number of amides is 1. The average Bonchev–Trinajstić information content (AvgIpc) is 2.32. The summed E-state index contributed by atoms with van der Waals surface area (Å²) in [7, 11) is 0. The molecule has 1 amide bonds. The molecule has 4 nitrogen and oxygen atoms in total. The number of pyridine rings is 1. The molecule has 1 N–H and O–H groups in total. The molecule has 0 saturated carbocycles. The molecular weight excluding hydrogens is 240 g/mol. The molecule has 0 saturated heterocycles. The minimum absolute atomic E-state index is 0.336. The molecule has 0 fully saturated rings. The Bertz CT molecular complexity index is 371. The number of carbonyl (C=O) groups excluding carboxylic acids is 1. The lowest BCUT2D eigenvalue weighted by molar-refractivity contribution is 0.0527. The molecule has 0 aliphatic carbocycles. The van der Waals surface area contributed by atoms with E-state index in [0.717, 1.165) is 31.4 Å². The Morgan fingerprint density at radius 3 is 2.68 bits per heavy atom. The number of aryl methyl sites for hydroxylation is 1. The van der Waals surface area contributed by atoms with E-state index in [1.54, 1.807) is 0 Å². The van der Waals surface area contributed by atoms with Crippen molar-refractivity contribution >= 4 is 6.09 Å². The second kappa shape index (κ2) is 7.77. The first-order valence-electron chi connectivity index (χ1n) is 6.84. The molecule has 0 unspecified atom stereocenters. The highest BCUT2D eigenvalue weighted by Gasteiger charge is 2.15. The molecule has 0 aliphatic heterocycles. The van der Waals surface area contributed by atoms with E-state index in [0.29, 0.717) is 6.54 Å². The van der Waals surface area contributed by atoms with Crippen LogP contribution in [0.3, 0.4) is 0 Å². The number of rotatable bonds is 6. The molecule has 0 aromatic carbocycles. The summed E-state index contributed by atoms with van der Waals surface area (Å²) in [5.41, 5.74) is 0.700. The fourth-order valence-corrected chi connectivity index (χ4v) is 1.66. The van der Waals surface area contributed by atoms with Crippen LogP contribution in [0.2, 0.25) is 0 Å². The molecule has 4 heteroatoms. The summed E-state index contributed by atoms with van der Waals surface area (Å²) in [5, 5.41) is 2.76. The third-order valence-electron chi connectivity index (χ3n) is 2.50. The van der Waals surface area contributed by atoms with E-state index < -0.39 is 5.60 Å². The standard InChI is InChI=1S/C15H24N2O2/c1-15(2,3)19-14(18)17-12-7-4-5-9-13-10-6-8-11-16-13/h6,8,10-11H,4-5,7,9,12H2,1-3H3,(H,17,18). The van der Waals surface area contributed by atoms with Crippen LogP contribution in [0.5, 0.6) is 0 Å². The van der Waals surface area contributed by atoms with E-state index in [9.17, 15) is 4.79 Å². The molecule has 1 rings (SSSR count). The minimum atomic E-state index is -0.428. The van der Waals surface area contributed by atoms with Gasteiger partial charge in [0.2, 0.25) is 0 Å². The summed E-state index contributed by atoms with van der Waals surface area (Å²) >= 11 is 0. The van der Waals surface area contributed by atoms with E-state index in [4.69, 9.17) is 4.74 Å². The summed E-state index contributed by atoms with van der Waals surface area (Å²) in [6.07, 6.45) is 5.61. The summed E-state index contributed by atoms with van der Waals surface area (Å²) in [6, 6.07) is 5.97. The fourth-order valence-electron chi connectivity index (χ4n) is 1.66. The highest BCUT2D eigenvalue weighted by atomic mass is 16.6. The molecule has 0 radical (unpaired) electrons. The van der Waals surface area contributed by atoms with Crippen LogP contribution in [0.4, 0.5) is 4.79 Å². The number of carbonyl (C=O) groups is 1. The molecule has 1 aromatic rings. The third kappa shape index (κ3) is 8.19. The molecule has 0 atom stereocenters. The lowest BCUT2D eigenvalue weighted by Gasteiger charge is -2.19. The van der Waals surface area contributed by atoms with Gasteiger partial charge in [0.1, 0.15) is 5.60 Å². The number of nitrogens with one attached hydrogen (secondary N) is 1. The zero-order valence-electron chi connectivity index (χ0n) is 12.1. The van der Waals surface area contributed by atoms with Crippen molar-refractivity contribution in [1.82, 2.24) is 10.3 Å². The highest BCUT2D eigenvalue weighted by Crippen LogP contribution is 2.07. The van der Waals surface area contributed by atoms with E-state index in [1.165, 1.54) is 0 Å². The van der Waals surface area contributed by atoms with Crippen LogP contribution in [-0.2, 0) is 11.2 Å². The SMILES string of the molecule is CC(C)(C)OC(=O)NCCCCCc1ccccn1. The van der Waals surface area contributed by atoms with Crippen molar-refractivity contribution < 1.29 is 9.53 Å². The number of alkyl carbamates (subject to hydrolysis) is 1. The van der Waals surface area contributed by atoms with E-state index in [1.807, 2.05) is 45.2 Å². The van der Waals surface area contributed by atoms with Crippen molar-refractivity contribution in [1.29, 1.82) is 0 Å². The summed E-state index contributed by atoms with van der Waals surface area (Å²) < 4.78 is 5.15. The smallest absolute Gasteiger partial charge is 0.407 e. The quantitative estimate of drug-likeness (QED) is 0.802. The third-order valence-corrected chi connectivity index (χ3v) is 2.50. The second-order valence-electron chi connectivity index (χ2n) is 5.56. The fraction of sp³-hybridized carbons (Fsp3) is 0.600. The molecule has 106 valence electrons. The van der Waals surface area contributed by atoms with Crippen molar-refractivity contribution in [2.45, 2.75) is 52.1 Å². The predicted octanol–water partition coefficient (Wildman–Crippen LogP) is 3.32. The monoisotopic (exact) mass is 264 g/mol. The molecule has 0 bridgehead atoms. The van der Waals surface area contributed by atoms with Crippen molar-refractivity contribution in [2.75, 3.05) is 6.54 Å². The van der Waals surface area contributed by atoms with Crippen molar-refractivity contribution in [2.24, 2.45) is 0 Å². The Morgan fingerprint density at radius 1 is 1.26 bits per heavy atom. The van der Waals surface area contributed by atoms with Gasteiger partial charge in [0, 0.05) is 18.4 Å². The normalized spacial score (nSPS) is 11.1. The van der Waals surface area contributed by atoms with Gasteiger partial charge in [-0.15, -0.1) is 0 Å². The van der Waals surface area contributed by atoms with Gasteiger partial charge in [-0.05, 0) is 52.2 Å². The van der Waals surface area contributed by atoms with Gasteiger partial charge in [-0.2, -0.15) is 0 Å². The molecule has 19 heavy (non-hydrogen) atoms. The summed E-state index contributed by atoms with van der Waals surface area (Å²) in [4.78, 5) is 15.6. The van der Waals surface area contributed by atoms with Crippen LogP contribution >= 0.6 is 0 Å². The summed E-state index contributed by atoms with van der Waals surface area (Å²) in [5.74, 6) is 0. The number of hydrogen-bond donors (Lipinski definition) is 1. The largest absolute Gasteiger partial charge is 0.444 e. The molecule has 0 aliphatic rings. The van der Waals surface area contributed by atoms with Gasteiger partial charge in [-0.1, -0.05) is 12.5 Å². The number of nitrogens with zero attached hydrogens (tertiary/aromatic N) is 1. The van der Waals surface area contributed by atoms with E-state index in [2.05, 4.69) is 10.3 Å². The maximum Gasteiger partial charge on any atom is 0.407 e. The minimum Gasteiger partial charge on any atom is -0.444 e. The van der Waals surface area contributed by atoms with Gasteiger partial charge in [0.25, 0.3) is 0 Å². The van der Waals surface area contributed by atoms with Crippen LogP contribution in [0.15, 0.2) is 24.4 Å². The van der Waals surface area contributed by atoms with Crippen LogP contribution in [-0.4, -0.2) is 23.2 Å². The number of ether oxygens (including phenoxy) is 1. The molecular formula is C15H24N2O2. The second-order valence-corrected chi connectivity index (χ2v) is 5.56. The van der Waals surface area contributed by atoms with Crippen LogP contribution in [0.1, 0.15) is 45.7 Å². The number of unbranched alkanes of at least 4 members (excludes halogenated alkanes) is 2. The lowest BCUT2D eigenvalue weighted by Crippen LogP contribution is -2.32. The Labute approximate surface area is 115 Å². The Hall–Kier alpha value is -1.58. The average molecular weight is 264 g/mol. The highest BCUT2D eigenvalue weighted by molar-refractivity contribution is 5.67. The molecule has 1 heterocycles. The first-order valence-corrected chi connectivity index (χ1v) is 6.84. The first-order chi connectivity index (χ1) is 8.97. The first kappa shape index (κ1) is 15.5.